The summed E-state index contributed by atoms with van der Waals surface area (Å²) in [6, 6.07) is 10.3. The molecule has 29 heavy (non-hydrogen) atoms. The Morgan fingerprint density at radius 3 is 1.66 bits per heavy atom. The first kappa shape index (κ1) is 22.5. The first-order valence-corrected chi connectivity index (χ1v) is 9.73. The monoisotopic (exact) mass is 396 g/mol. The zero-order valence-electron chi connectivity index (χ0n) is 18.7. The van der Waals surface area contributed by atoms with Crippen molar-refractivity contribution in [2.75, 3.05) is 19.4 Å². The fourth-order valence-electron chi connectivity index (χ4n) is 3.07. The van der Waals surface area contributed by atoms with Crippen molar-refractivity contribution in [1.29, 1.82) is 0 Å². The van der Waals surface area contributed by atoms with Gasteiger partial charge >= 0.3 is 0 Å². The maximum absolute atomic E-state index is 12.9. The summed E-state index contributed by atoms with van der Waals surface area (Å²) in [4.78, 5) is 26.5. The smallest absolute Gasteiger partial charge is 0.255 e. The fourth-order valence-corrected chi connectivity index (χ4v) is 3.07. The quantitative estimate of drug-likeness (QED) is 0.772. The summed E-state index contributed by atoms with van der Waals surface area (Å²) < 4.78 is 0. The number of aromatic hydroxyl groups is 1. The summed E-state index contributed by atoms with van der Waals surface area (Å²) in [5, 5.41) is 13.7. The lowest BCUT2D eigenvalue weighted by atomic mass is 9.78. The molecule has 2 aromatic rings. The molecule has 156 valence electrons. The number of rotatable bonds is 3. The molecule has 0 atom stereocenters. The van der Waals surface area contributed by atoms with Gasteiger partial charge in [0.05, 0.1) is 0 Å². The van der Waals surface area contributed by atoms with Crippen LogP contribution in [0.5, 0.6) is 5.75 Å². The maximum atomic E-state index is 12.9. The highest BCUT2D eigenvalue weighted by Crippen LogP contribution is 2.39. The predicted molar refractivity (Wildman–Crippen MR) is 118 cm³/mol. The van der Waals surface area contributed by atoms with Crippen LogP contribution in [0.25, 0.3) is 0 Å². The van der Waals surface area contributed by atoms with Crippen molar-refractivity contribution >= 4 is 17.5 Å². The van der Waals surface area contributed by atoms with E-state index in [-0.39, 0.29) is 28.4 Å². The number of carbonyl (C=O) groups excluding carboxylic acids is 2. The molecule has 0 fully saturated rings. The first-order valence-electron chi connectivity index (χ1n) is 9.73. The average molecular weight is 397 g/mol. The van der Waals surface area contributed by atoms with E-state index in [4.69, 9.17) is 0 Å². The molecule has 0 aliphatic rings. The van der Waals surface area contributed by atoms with Crippen molar-refractivity contribution < 1.29 is 14.7 Å². The number of hydrogen-bond donors (Lipinski definition) is 2. The van der Waals surface area contributed by atoms with Gasteiger partial charge < -0.3 is 15.3 Å². The molecular weight excluding hydrogens is 364 g/mol. The number of benzene rings is 2. The van der Waals surface area contributed by atoms with Crippen LogP contribution in [0.15, 0.2) is 36.4 Å². The number of hydrogen-bond acceptors (Lipinski definition) is 3. The van der Waals surface area contributed by atoms with Crippen molar-refractivity contribution in [3.05, 3.63) is 58.7 Å². The highest BCUT2D eigenvalue weighted by atomic mass is 16.3. The third-order valence-electron chi connectivity index (χ3n) is 4.78. The molecule has 0 spiro atoms. The molecule has 5 nitrogen and oxygen atoms in total. The zero-order valence-corrected chi connectivity index (χ0v) is 18.7. The number of amides is 2. The van der Waals surface area contributed by atoms with Gasteiger partial charge in [0.1, 0.15) is 5.75 Å². The van der Waals surface area contributed by atoms with Gasteiger partial charge in [-0.25, -0.2) is 0 Å². The Labute approximate surface area is 173 Å². The molecule has 0 heterocycles. The standard InChI is InChI=1S/C24H32N2O3/c1-23(2,3)18-13-16(14-19(20(18)27)24(4,5)6)21(28)25-17-11-9-15(10-12-17)22(29)26(7)8/h9-14,27H,1-8H3,(H,25,28). The summed E-state index contributed by atoms with van der Waals surface area (Å²) >= 11 is 0. The Morgan fingerprint density at radius 1 is 0.828 bits per heavy atom. The van der Waals surface area contributed by atoms with Crippen LogP contribution in [0.4, 0.5) is 5.69 Å². The molecule has 0 saturated heterocycles. The third-order valence-corrected chi connectivity index (χ3v) is 4.78. The van der Waals surface area contributed by atoms with Crippen molar-refractivity contribution in [2.45, 2.75) is 52.4 Å². The van der Waals surface area contributed by atoms with E-state index < -0.39 is 0 Å². The lowest BCUT2D eigenvalue weighted by Gasteiger charge is -2.28. The van der Waals surface area contributed by atoms with Crippen molar-refractivity contribution in [3.8, 4) is 5.75 Å². The van der Waals surface area contributed by atoms with E-state index in [1.165, 1.54) is 4.90 Å². The minimum absolute atomic E-state index is 0.0916. The van der Waals surface area contributed by atoms with E-state index in [9.17, 15) is 14.7 Å². The maximum Gasteiger partial charge on any atom is 0.255 e. The minimum atomic E-state index is -0.311. The largest absolute Gasteiger partial charge is 0.507 e. The summed E-state index contributed by atoms with van der Waals surface area (Å²) in [7, 11) is 3.39. The van der Waals surface area contributed by atoms with E-state index in [1.807, 2.05) is 41.5 Å². The molecule has 0 saturated carbocycles. The number of nitrogens with one attached hydrogen (secondary N) is 1. The topological polar surface area (TPSA) is 69.6 Å². The van der Waals surface area contributed by atoms with Gasteiger partial charge in [-0.1, -0.05) is 41.5 Å². The molecule has 0 unspecified atom stereocenters. The molecule has 5 heteroatoms. The van der Waals surface area contributed by atoms with Crippen LogP contribution in [-0.4, -0.2) is 35.9 Å². The molecular formula is C24H32N2O3. The molecule has 0 radical (unpaired) electrons. The van der Waals surface area contributed by atoms with Gasteiger partial charge in [0.25, 0.3) is 11.8 Å². The summed E-state index contributed by atoms with van der Waals surface area (Å²) in [5.74, 6) is -0.105. The lowest BCUT2D eigenvalue weighted by Crippen LogP contribution is -2.22. The second kappa shape index (κ2) is 7.90. The lowest BCUT2D eigenvalue weighted by molar-refractivity contribution is 0.0827. The highest BCUT2D eigenvalue weighted by molar-refractivity contribution is 6.05. The molecule has 2 aromatic carbocycles. The Balaban J connectivity index is 2.39. The van der Waals surface area contributed by atoms with Crippen molar-refractivity contribution in [3.63, 3.8) is 0 Å². The van der Waals surface area contributed by atoms with Gasteiger partial charge in [0.15, 0.2) is 0 Å². The second-order valence-electron chi connectivity index (χ2n) is 9.65. The number of carbonyl (C=O) groups is 2. The Bertz CT molecular complexity index is 880. The van der Waals surface area contributed by atoms with Gasteiger partial charge in [-0.05, 0) is 47.2 Å². The van der Waals surface area contributed by atoms with Crippen LogP contribution in [0.2, 0.25) is 0 Å². The molecule has 2 rings (SSSR count). The molecule has 0 bridgehead atoms. The number of anilines is 1. The van der Waals surface area contributed by atoms with Gasteiger partial charge in [-0.3, -0.25) is 9.59 Å². The van der Waals surface area contributed by atoms with Crippen LogP contribution in [0, 0.1) is 0 Å². The number of phenols is 1. The SMILES string of the molecule is CN(C)C(=O)c1ccc(NC(=O)c2cc(C(C)(C)C)c(O)c(C(C)(C)C)c2)cc1. The summed E-state index contributed by atoms with van der Waals surface area (Å²) in [6.07, 6.45) is 0. The van der Waals surface area contributed by atoms with Crippen LogP contribution >= 0.6 is 0 Å². The van der Waals surface area contributed by atoms with Gasteiger partial charge in [0.2, 0.25) is 0 Å². The summed E-state index contributed by atoms with van der Waals surface area (Å²) in [5.41, 5.74) is 2.51. The van der Waals surface area contributed by atoms with Gasteiger partial charge in [-0.15, -0.1) is 0 Å². The van der Waals surface area contributed by atoms with Crippen molar-refractivity contribution in [2.24, 2.45) is 0 Å². The Kier molecular flexibility index (Phi) is 6.12. The molecule has 0 aromatic heterocycles. The van der Waals surface area contributed by atoms with Crippen molar-refractivity contribution in [1.82, 2.24) is 4.90 Å². The normalized spacial score (nSPS) is 11.9. The Hall–Kier alpha value is -2.82. The summed E-state index contributed by atoms with van der Waals surface area (Å²) in [6.45, 7) is 12.1. The molecule has 2 amide bonds. The molecule has 0 aliphatic heterocycles. The first-order chi connectivity index (χ1) is 13.2. The zero-order chi connectivity index (χ0) is 22.1. The van der Waals surface area contributed by atoms with E-state index in [2.05, 4.69) is 5.32 Å². The minimum Gasteiger partial charge on any atom is -0.507 e. The van der Waals surface area contributed by atoms with Gasteiger partial charge in [-0.2, -0.15) is 0 Å². The average Bonchev–Trinajstić information content (AvgIpc) is 2.59. The van der Waals surface area contributed by atoms with Crippen LogP contribution < -0.4 is 5.32 Å². The van der Waals surface area contributed by atoms with Gasteiger partial charge in [0, 0.05) is 42.0 Å². The van der Waals surface area contributed by atoms with E-state index in [0.717, 1.165) is 11.1 Å². The predicted octanol–water partition coefficient (Wildman–Crippen LogP) is 4.94. The van der Waals surface area contributed by atoms with E-state index >= 15 is 0 Å². The third kappa shape index (κ3) is 5.17. The number of nitrogens with zero attached hydrogens (tertiary/aromatic N) is 1. The van der Waals surface area contributed by atoms with E-state index in [0.29, 0.717) is 16.8 Å². The van der Waals surface area contributed by atoms with Crippen LogP contribution in [0.3, 0.4) is 0 Å². The molecule has 0 aliphatic carbocycles. The number of phenolic OH excluding ortho intramolecular Hbond substituents is 1. The van der Waals surface area contributed by atoms with Crippen LogP contribution in [0.1, 0.15) is 73.4 Å². The molecule has 2 N–H and O–H groups in total. The fraction of sp³-hybridized carbons (Fsp3) is 0.417. The van der Waals surface area contributed by atoms with Crippen LogP contribution in [-0.2, 0) is 10.8 Å². The highest BCUT2D eigenvalue weighted by Gasteiger charge is 2.27. The van der Waals surface area contributed by atoms with E-state index in [1.54, 1.807) is 50.5 Å². The Morgan fingerprint density at radius 2 is 1.28 bits per heavy atom. The second-order valence-corrected chi connectivity index (χ2v) is 9.65.